The molecule has 2 nitrogen and oxygen atoms in total. The fourth-order valence-electron chi connectivity index (χ4n) is 1.78. The molecule has 0 atom stereocenters. The molecule has 0 aliphatic carbocycles. The summed E-state index contributed by atoms with van der Waals surface area (Å²) in [6.07, 6.45) is 3.25. The first-order valence-corrected chi connectivity index (χ1v) is 6.39. The first-order valence-electron chi connectivity index (χ1n) is 6.39. The van der Waals surface area contributed by atoms with Crippen LogP contribution in [0.15, 0.2) is 24.3 Å². The van der Waals surface area contributed by atoms with Gasteiger partial charge in [0.25, 0.3) is 0 Å². The van der Waals surface area contributed by atoms with Crippen molar-refractivity contribution in [2.24, 2.45) is 0 Å². The first kappa shape index (κ1) is 14.5. The SMILES string of the molecule is Cc1ccc(C=CC(=O)OC(C)C)c(C(C)C)c1. The quantitative estimate of drug-likeness (QED) is 0.591. The molecule has 0 spiro atoms. The summed E-state index contributed by atoms with van der Waals surface area (Å²) in [4.78, 5) is 11.5. The summed E-state index contributed by atoms with van der Waals surface area (Å²) in [5.41, 5.74) is 3.57. The number of benzene rings is 1. The van der Waals surface area contributed by atoms with Crippen molar-refractivity contribution in [2.75, 3.05) is 0 Å². The van der Waals surface area contributed by atoms with Crippen molar-refractivity contribution in [1.29, 1.82) is 0 Å². The highest BCUT2D eigenvalue weighted by atomic mass is 16.5. The van der Waals surface area contributed by atoms with E-state index < -0.39 is 0 Å². The molecule has 0 aliphatic heterocycles. The minimum atomic E-state index is -0.291. The van der Waals surface area contributed by atoms with Gasteiger partial charge in [-0.1, -0.05) is 37.6 Å². The van der Waals surface area contributed by atoms with Crippen LogP contribution in [0.4, 0.5) is 0 Å². The summed E-state index contributed by atoms with van der Waals surface area (Å²) in [7, 11) is 0. The Morgan fingerprint density at radius 2 is 1.89 bits per heavy atom. The predicted octanol–water partition coefficient (Wildman–Crippen LogP) is 4.08. The average Bonchev–Trinajstić information content (AvgIpc) is 2.26. The molecule has 98 valence electrons. The molecule has 0 radical (unpaired) electrons. The lowest BCUT2D eigenvalue weighted by atomic mass is 9.95. The van der Waals surface area contributed by atoms with Crippen LogP contribution >= 0.6 is 0 Å². The highest BCUT2D eigenvalue weighted by molar-refractivity contribution is 5.87. The van der Waals surface area contributed by atoms with Gasteiger partial charge in [-0.05, 0) is 43.9 Å². The van der Waals surface area contributed by atoms with Crippen LogP contribution in [0, 0.1) is 6.92 Å². The van der Waals surface area contributed by atoms with Crippen LogP contribution in [0.2, 0.25) is 0 Å². The Labute approximate surface area is 110 Å². The van der Waals surface area contributed by atoms with Crippen LogP contribution in [0.3, 0.4) is 0 Å². The van der Waals surface area contributed by atoms with Crippen LogP contribution in [-0.2, 0) is 9.53 Å². The Kier molecular flexibility index (Phi) is 5.14. The smallest absolute Gasteiger partial charge is 0.331 e. The number of hydrogen-bond donors (Lipinski definition) is 0. The van der Waals surface area contributed by atoms with Gasteiger partial charge < -0.3 is 4.74 Å². The molecule has 2 heteroatoms. The third-order valence-electron chi connectivity index (χ3n) is 2.62. The maximum atomic E-state index is 11.5. The van der Waals surface area contributed by atoms with E-state index in [0.29, 0.717) is 5.92 Å². The molecular formula is C16H22O2. The van der Waals surface area contributed by atoms with Gasteiger partial charge in [0.2, 0.25) is 0 Å². The van der Waals surface area contributed by atoms with E-state index in [4.69, 9.17) is 4.74 Å². The Hall–Kier alpha value is -1.57. The van der Waals surface area contributed by atoms with Gasteiger partial charge in [-0.15, -0.1) is 0 Å². The van der Waals surface area contributed by atoms with Crippen LogP contribution in [0.25, 0.3) is 6.08 Å². The number of carbonyl (C=O) groups excluding carboxylic acids is 1. The maximum Gasteiger partial charge on any atom is 0.331 e. The topological polar surface area (TPSA) is 26.3 Å². The van der Waals surface area contributed by atoms with E-state index in [0.717, 1.165) is 5.56 Å². The van der Waals surface area contributed by atoms with Gasteiger partial charge in [0.05, 0.1) is 6.10 Å². The van der Waals surface area contributed by atoms with E-state index >= 15 is 0 Å². The molecule has 0 bridgehead atoms. The summed E-state index contributed by atoms with van der Waals surface area (Å²) in [5.74, 6) is 0.144. The van der Waals surface area contributed by atoms with Crippen molar-refractivity contribution < 1.29 is 9.53 Å². The summed E-state index contributed by atoms with van der Waals surface area (Å²) in [6.45, 7) is 10.1. The lowest BCUT2D eigenvalue weighted by Gasteiger charge is -2.11. The van der Waals surface area contributed by atoms with Crippen LogP contribution in [-0.4, -0.2) is 12.1 Å². The normalized spacial score (nSPS) is 11.5. The van der Waals surface area contributed by atoms with E-state index in [-0.39, 0.29) is 12.1 Å². The van der Waals surface area contributed by atoms with E-state index in [9.17, 15) is 4.79 Å². The molecule has 0 unspecified atom stereocenters. The fourth-order valence-corrected chi connectivity index (χ4v) is 1.78. The van der Waals surface area contributed by atoms with Crippen molar-refractivity contribution in [3.63, 3.8) is 0 Å². The fraction of sp³-hybridized carbons (Fsp3) is 0.438. The van der Waals surface area contributed by atoms with Gasteiger partial charge in [-0.3, -0.25) is 0 Å². The maximum absolute atomic E-state index is 11.5. The molecule has 1 aromatic carbocycles. The summed E-state index contributed by atoms with van der Waals surface area (Å²) in [5, 5.41) is 0. The van der Waals surface area contributed by atoms with Crippen LogP contribution < -0.4 is 0 Å². The molecule has 0 saturated heterocycles. The highest BCUT2D eigenvalue weighted by Crippen LogP contribution is 2.22. The van der Waals surface area contributed by atoms with Crippen molar-refractivity contribution in [3.05, 3.63) is 41.0 Å². The molecular weight excluding hydrogens is 224 g/mol. The minimum absolute atomic E-state index is 0.0789. The average molecular weight is 246 g/mol. The second kappa shape index (κ2) is 6.39. The number of hydrogen-bond acceptors (Lipinski definition) is 2. The van der Waals surface area contributed by atoms with Crippen molar-refractivity contribution in [3.8, 4) is 0 Å². The predicted molar refractivity (Wildman–Crippen MR) is 75.5 cm³/mol. The molecule has 1 aromatic rings. The molecule has 0 heterocycles. The van der Waals surface area contributed by atoms with Gasteiger partial charge >= 0.3 is 5.97 Å². The summed E-state index contributed by atoms with van der Waals surface area (Å²) in [6, 6.07) is 6.27. The number of rotatable bonds is 4. The van der Waals surface area contributed by atoms with E-state index in [1.807, 2.05) is 26.0 Å². The van der Waals surface area contributed by atoms with Gasteiger partial charge in [0.15, 0.2) is 0 Å². The Bertz CT molecular complexity index is 442. The van der Waals surface area contributed by atoms with Gasteiger partial charge in [0, 0.05) is 6.08 Å². The second-order valence-corrected chi connectivity index (χ2v) is 5.11. The Balaban J connectivity index is 2.90. The van der Waals surface area contributed by atoms with Crippen molar-refractivity contribution >= 4 is 12.0 Å². The third kappa shape index (κ3) is 4.36. The number of esters is 1. The van der Waals surface area contributed by atoms with Gasteiger partial charge in [-0.25, -0.2) is 4.79 Å². The molecule has 0 aromatic heterocycles. The lowest BCUT2D eigenvalue weighted by molar-refractivity contribution is -0.141. The zero-order valence-corrected chi connectivity index (χ0v) is 11.9. The molecule has 0 fully saturated rings. The van der Waals surface area contributed by atoms with Gasteiger partial charge in [0.1, 0.15) is 0 Å². The molecule has 18 heavy (non-hydrogen) atoms. The van der Waals surface area contributed by atoms with Crippen molar-refractivity contribution in [2.45, 2.75) is 46.6 Å². The lowest BCUT2D eigenvalue weighted by Crippen LogP contribution is -2.08. The minimum Gasteiger partial charge on any atom is -0.460 e. The molecule has 0 aliphatic rings. The number of aryl methyl sites for hydroxylation is 1. The van der Waals surface area contributed by atoms with E-state index in [1.54, 1.807) is 0 Å². The van der Waals surface area contributed by atoms with Crippen LogP contribution in [0.5, 0.6) is 0 Å². The Morgan fingerprint density at radius 3 is 2.44 bits per heavy atom. The monoisotopic (exact) mass is 246 g/mol. The first-order chi connectivity index (χ1) is 8.40. The molecule has 1 rings (SSSR count). The summed E-state index contributed by atoms with van der Waals surface area (Å²) < 4.78 is 5.07. The van der Waals surface area contributed by atoms with Gasteiger partial charge in [-0.2, -0.15) is 0 Å². The Morgan fingerprint density at radius 1 is 1.22 bits per heavy atom. The van der Waals surface area contributed by atoms with E-state index in [2.05, 4.69) is 32.9 Å². The molecule has 0 N–H and O–H groups in total. The second-order valence-electron chi connectivity index (χ2n) is 5.11. The van der Waals surface area contributed by atoms with Crippen molar-refractivity contribution in [1.82, 2.24) is 0 Å². The van der Waals surface area contributed by atoms with Crippen LogP contribution in [0.1, 0.15) is 50.3 Å². The molecule has 0 amide bonds. The highest BCUT2D eigenvalue weighted by Gasteiger charge is 2.06. The number of carbonyl (C=O) groups is 1. The zero-order valence-electron chi connectivity index (χ0n) is 11.9. The molecule has 0 saturated carbocycles. The zero-order chi connectivity index (χ0) is 13.7. The number of ether oxygens (including phenoxy) is 1. The third-order valence-corrected chi connectivity index (χ3v) is 2.62. The standard InChI is InChI=1S/C16H22O2/c1-11(2)15-10-13(5)6-7-14(15)8-9-16(17)18-12(3)4/h6-12H,1-5H3. The largest absolute Gasteiger partial charge is 0.460 e. The van der Waals surface area contributed by atoms with E-state index in [1.165, 1.54) is 17.2 Å². The summed E-state index contributed by atoms with van der Waals surface area (Å²) >= 11 is 0.